The first-order chi connectivity index (χ1) is 13.9. The van der Waals surface area contributed by atoms with Crippen molar-refractivity contribution in [1.29, 1.82) is 0 Å². The molecule has 1 aromatic carbocycles. The molecule has 0 spiro atoms. The van der Waals surface area contributed by atoms with Gasteiger partial charge in [0, 0.05) is 50.9 Å². The molecule has 2 atom stereocenters. The number of aromatic nitrogens is 1. The summed E-state index contributed by atoms with van der Waals surface area (Å²) in [6.45, 7) is 11.0. The molecule has 2 aliphatic rings. The van der Waals surface area contributed by atoms with Crippen LogP contribution in [0.25, 0.3) is 0 Å². The molecule has 1 saturated carbocycles. The molecule has 1 saturated heterocycles. The van der Waals surface area contributed by atoms with Gasteiger partial charge in [-0.05, 0) is 36.3 Å². The van der Waals surface area contributed by atoms with Gasteiger partial charge in [0.2, 0.25) is 5.91 Å². The van der Waals surface area contributed by atoms with Crippen molar-refractivity contribution >= 4 is 11.6 Å². The lowest BCUT2D eigenvalue weighted by Gasteiger charge is -2.52. The zero-order valence-corrected chi connectivity index (χ0v) is 17.7. The van der Waals surface area contributed by atoms with Gasteiger partial charge in [0.15, 0.2) is 5.76 Å². The van der Waals surface area contributed by atoms with E-state index in [2.05, 4.69) is 70.5 Å². The van der Waals surface area contributed by atoms with Crippen LogP contribution in [0.2, 0.25) is 0 Å². The predicted molar refractivity (Wildman–Crippen MR) is 114 cm³/mol. The number of para-hydroxylation sites is 1. The van der Waals surface area contributed by atoms with Crippen LogP contribution < -0.4 is 10.2 Å². The van der Waals surface area contributed by atoms with Crippen molar-refractivity contribution in [3.63, 3.8) is 0 Å². The molecule has 1 aliphatic carbocycles. The first kappa shape index (κ1) is 20.0. The van der Waals surface area contributed by atoms with E-state index >= 15 is 0 Å². The van der Waals surface area contributed by atoms with E-state index in [0.717, 1.165) is 57.0 Å². The van der Waals surface area contributed by atoms with Gasteiger partial charge in [0.05, 0.1) is 12.2 Å². The summed E-state index contributed by atoms with van der Waals surface area (Å²) >= 11 is 0. The lowest BCUT2D eigenvalue weighted by atomic mass is 9.57. The normalized spacial score (nSPS) is 24.2. The number of carbonyl (C=O) groups excluding carboxylic acids is 1. The Morgan fingerprint density at radius 3 is 2.59 bits per heavy atom. The third-order valence-electron chi connectivity index (χ3n) is 6.78. The van der Waals surface area contributed by atoms with Gasteiger partial charge in [-0.3, -0.25) is 9.69 Å². The predicted octanol–water partition coefficient (Wildman–Crippen LogP) is 3.09. The Morgan fingerprint density at radius 2 is 1.93 bits per heavy atom. The zero-order chi connectivity index (χ0) is 20.4. The highest BCUT2D eigenvalue weighted by atomic mass is 16.5. The smallest absolute Gasteiger partial charge is 0.217 e. The summed E-state index contributed by atoms with van der Waals surface area (Å²) < 4.78 is 5.63. The maximum Gasteiger partial charge on any atom is 0.217 e. The molecule has 29 heavy (non-hydrogen) atoms. The summed E-state index contributed by atoms with van der Waals surface area (Å²) in [6, 6.07) is 13.0. The number of piperazine rings is 1. The summed E-state index contributed by atoms with van der Waals surface area (Å²) in [7, 11) is 0. The summed E-state index contributed by atoms with van der Waals surface area (Å²) in [4.78, 5) is 16.2. The number of hydrogen-bond acceptors (Lipinski definition) is 5. The molecule has 2 heterocycles. The molecular weight excluding hydrogens is 364 g/mol. The average molecular weight is 397 g/mol. The van der Waals surface area contributed by atoms with E-state index in [1.54, 1.807) is 6.92 Å². The van der Waals surface area contributed by atoms with Crippen LogP contribution in [0.1, 0.15) is 38.6 Å². The van der Waals surface area contributed by atoms with E-state index < -0.39 is 0 Å². The number of amides is 1. The van der Waals surface area contributed by atoms with Crippen LogP contribution in [0.5, 0.6) is 0 Å². The molecule has 2 fully saturated rings. The third-order valence-corrected chi connectivity index (χ3v) is 6.78. The Labute approximate surface area is 173 Å². The second kappa shape index (κ2) is 8.19. The maximum atomic E-state index is 11.3. The number of hydrogen-bond donors (Lipinski definition) is 1. The number of nitrogens with zero attached hydrogens (tertiary/aromatic N) is 3. The Kier molecular flexibility index (Phi) is 5.63. The van der Waals surface area contributed by atoms with Gasteiger partial charge in [-0.25, -0.2) is 0 Å². The largest absolute Gasteiger partial charge is 0.369 e. The first-order valence-corrected chi connectivity index (χ1v) is 10.7. The molecule has 0 bridgehead atoms. The first-order valence-electron chi connectivity index (χ1n) is 10.7. The number of carbonyl (C=O) groups is 1. The highest BCUT2D eigenvalue weighted by molar-refractivity contribution is 5.73. The molecule has 1 amide bonds. The van der Waals surface area contributed by atoms with Crippen LogP contribution in [0.4, 0.5) is 5.69 Å². The number of rotatable bonds is 6. The molecule has 1 aliphatic heterocycles. The van der Waals surface area contributed by atoms with Crippen LogP contribution in [0.3, 0.4) is 0 Å². The topological polar surface area (TPSA) is 61.6 Å². The number of anilines is 1. The Balaban J connectivity index is 1.26. The van der Waals surface area contributed by atoms with Gasteiger partial charge >= 0.3 is 0 Å². The Bertz CT molecular complexity index is 824. The second-order valence-corrected chi connectivity index (χ2v) is 9.09. The van der Waals surface area contributed by atoms with Crippen molar-refractivity contribution in [2.24, 2.45) is 11.3 Å². The molecule has 156 valence electrons. The standard InChI is InChI=1S/C23H32N4O2/c1-17(28)24-22-14-18(23(22,2)3)13-19-15-21(29-25-19)16-26-9-11-27(12-10-26)20-7-5-4-6-8-20/h4-8,15,18,22H,9-14,16H2,1-3H3,(H,24,28)/t18-,22+/m1/s1. The molecule has 1 aromatic heterocycles. The molecule has 6 heteroatoms. The van der Waals surface area contributed by atoms with E-state index in [4.69, 9.17) is 4.52 Å². The molecule has 1 N–H and O–H groups in total. The van der Waals surface area contributed by atoms with Gasteiger partial charge in [-0.15, -0.1) is 0 Å². The fourth-order valence-corrected chi connectivity index (χ4v) is 4.66. The van der Waals surface area contributed by atoms with E-state index in [1.165, 1.54) is 5.69 Å². The van der Waals surface area contributed by atoms with Gasteiger partial charge < -0.3 is 14.7 Å². The summed E-state index contributed by atoms with van der Waals surface area (Å²) in [5.41, 5.74) is 2.43. The fraction of sp³-hybridized carbons (Fsp3) is 0.565. The van der Waals surface area contributed by atoms with E-state index in [0.29, 0.717) is 5.92 Å². The fourth-order valence-electron chi connectivity index (χ4n) is 4.66. The minimum atomic E-state index is 0.0533. The minimum Gasteiger partial charge on any atom is -0.369 e. The van der Waals surface area contributed by atoms with Gasteiger partial charge in [-0.2, -0.15) is 0 Å². The van der Waals surface area contributed by atoms with Crippen LogP contribution in [-0.4, -0.2) is 48.2 Å². The highest BCUT2D eigenvalue weighted by Crippen LogP contribution is 2.47. The van der Waals surface area contributed by atoms with Crippen molar-refractivity contribution in [2.45, 2.75) is 46.2 Å². The molecule has 6 nitrogen and oxygen atoms in total. The number of benzene rings is 1. The van der Waals surface area contributed by atoms with Gasteiger partial charge in [0.25, 0.3) is 0 Å². The van der Waals surface area contributed by atoms with Crippen molar-refractivity contribution in [1.82, 2.24) is 15.4 Å². The molecule has 0 radical (unpaired) electrons. The maximum absolute atomic E-state index is 11.3. The minimum absolute atomic E-state index is 0.0533. The van der Waals surface area contributed by atoms with Crippen LogP contribution in [-0.2, 0) is 17.8 Å². The van der Waals surface area contributed by atoms with Gasteiger partial charge in [0.1, 0.15) is 0 Å². The van der Waals surface area contributed by atoms with Gasteiger partial charge in [-0.1, -0.05) is 37.2 Å². The highest BCUT2D eigenvalue weighted by Gasteiger charge is 2.48. The molecule has 0 unspecified atom stereocenters. The van der Waals surface area contributed by atoms with Crippen molar-refractivity contribution in [2.75, 3.05) is 31.1 Å². The van der Waals surface area contributed by atoms with Crippen molar-refractivity contribution < 1.29 is 9.32 Å². The monoisotopic (exact) mass is 396 g/mol. The summed E-state index contributed by atoms with van der Waals surface area (Å²) in [5.74, 6) is 1.52. The molecular formula is C23H32N4O2. The quantitative estimate of drug-likeness (QED) is 0.813. The van der Waals surface area contributed by atoms with Crippen LogP contribution >= 0.6 is 0 Å². The lowest BCUT2D eigenvalue weighted by molar-refractivity contribution is -0.123. The average Bonchev–Trinajstić information content (AvgIpc) is 3.15. The van der Waals surface area contributed by atoms with E-state index in [-0.39, 0.29) is 17.4 Å². The van der Waals surface area contributed by atoms with Crippen molar-refractivity contribution in [3.8, 4) is 0 Å². The Hall–Kier alpha value is -2.34. The van der Waals surface area contributed by atoms with Crippen LogP contribution in [0.15, 0.2) is 40.9 Å². The summed E-state index contributed by atoms with van der Waals surface area (Å²) in [5, 5.41) is 7.38. The Morgan fingerprint density at radius 1 is 1.21 bits per heavy atom. The molecule has 4 rings (SSSR count). The second-order valence-electron chi connectivity index (χ2n) is 9.09. The third kappa shape index (κ3) is 4.47. The van der Waals surface area contributed by atoms with Crippen molar-refractivity contribution in [3.05, 3.63) is 47.9 Å². The zero-order valence-electron chi connectivity index (χ0n) is 17.7. The van der Waals surface area contributed by atoms with E-state index in [1.807, 2.05) is 0 Å². The lowest BCUT2D eigenvalue weighted by Crippen LogP contribution is -2.58. The SMILES string of the molecule is CC(=O)N[C@H]1C[C@@H](Cc2cc(CN3CCN(c4ccccc4)CC3)on2)C1(C)C. The summed E-state index contributed by atoms with van der Waals surface area (Å²) in [6.07, 6.45) is 1.92. The molecule has 2 aromatic rings. The van der Waals surface area contributed by atoms with E-state index in [9.17, 15) is 4.79 Å². The van der Waals surface area contributed by atoms with Crippen LogP contribution in [0, 0.1) is 11.3 Å². The number of nitrogens with one attached hydrogen (secondary N) is 1.